The first-order valence-corrected chi connectivity index (χ1v) is 11.4. The summed E-state index contributed by atoms with van der Waals surface area (Å²) in [5, 5.41) is 8.24. The molecule has 178 valence electrons. The van der Waals surface area contributed by atoms with Gasteiger partial charge in [0.1, 0.15) is 17.8 Å². The zero-order chi connectivity index (χ0) is 24.4. The van der Waals surface area contributed by atoms with E-state index < -0.39 is 35.8 Å². The maximum atomic E-state index is 13.4. The van der Waals surface area contributed by atoms with Gasteiger partial charge < -0.3 is 20.4 Å². The summed E-state index contributed by atoms with van der Waals surface area (Å²) in [5.41, 5.74) is 1.19. The second-order valence-corrected chi connectivity index (χ2v) is 8.59. The van der Waals surface area contributed by atoms with E-state index in [1.807, 2.05) is 24.3 Å². The molecule has 0 saturated carbocycles. The molecule has 9 heteroatoms. The van der Waals surface area contributed by atoms with Crippen LogP contribution in [0.2, 0.25) is 0 Å². The van der Waals surface area contributed by atoms with Crippen LogP contribution in [-0.2, 0) is 28.1 Å². The Morgan fingerprint density at radius 1 is 1.03 bits per heavy atom. The van der Waals surface area contributed by atoms with Gasteiger partial charge in [0.15, 0.2) is 0 Å². The highest BCUT2D eigenvalue weighted by Crippen LogP contribution is 2.39. The number of nitrogens with one attached hydrogen (secondary N) is 3. The lowest BCUT2D eigenvalue weighted by atomic mass is 9.76. The Morgan fingerprint density at radius 3 is 2.66 bits per heavy atom. The molecule has 0 radical (unpaired) electrons. The standard InChI is InChI=1S/C26H24N4O5/c31-22(28-21-12-4-2-10-19(21)23(32)27-15-18-9-6-14-35-18)16-30-24(33)26(29-25(30)34)13-5-8-17-7-1-3-11-20(17)26/h1-4,6-7,9-12,14H,5,8,13,15-16H2,(H,27,32)(H,28,31)(H,29,34)/t26-/m1/s1. The van der Waals surface area contributed by atoms with Crippen molar-refractivity contribution in [3.63, 3.8) is 0 Å². The first-order valence-electron chi connectivity index (χ1n) is 11.4. The third-order valence-corrected chi connectivity index (χ3v) is 6.40. The van der Waals surface area contributed by atoms with Gasteiger partial charge in [0.05, 0.1) is 24.1 Å². The zero-order valence-corrected chi connectivity index (χ0v) is 18.9. The molecule has 2 aromatic carbocycles. The Morgan fingerprint density at radius 2 is 1.83 bits per heavy atom. The zero-order valence-electron chi connectivity index (χ0n) is 18.9. The molecule has 0 bridgehead atoms. The molecule has 35 heavy (non-hydrogen) atoms. The monoisotopic (exact) mass is 472 g/mol. The van der Waals surface area contributed by atoms with Gasteiger partial charge in [-0.15, -0.1) is 0 Å². The van der Waals surface area contributed by atoms with E-state index in [-0.39, 0.29) is 17.8 Å². The van der Waals surface area contributed by atoms with Gasteiger partial charge in [-0.05, 0) is 54.7 Å². The molecule has 5 rings (SSSR count). The molecule has 1 atom stereocenters. The summed E-state index contributed by atoms with van der Waals surface area (Å²) in [6, 6.07) is 16.9. The van der Waals surface area contributed by atoms with Crippen LogP contribution in [0.1, 0.15) is 40.1 Å². The van der Waals surface area contributed by atoms with Gasteiger partial charge in [-0.2, -0.15) is 0 Å². The smallest absolute Gasteiger partial charge is 0.325 e. The minimum absolute atomic E-state index is 0.195. The quantitative estimate of drug-likeness (QED) is 0.477. The molecule has 3 aromatic rings. The second-order valence-electron chi connectivity index (χ2n) is 8.59. The number of hydrogen-bond acceptors (Lipinski definition) is 5. The van der Waals surface area contributed by atoms with Gasteiger partial charge in [-0.3, -0.25) is 19.3 Å². The maximum absolute atomic E-state index is 13.4. The van der Waals surface area contributed by atoms with E-state index in [1.165, 1.54) is 6.26 Å². The summed E-state index contributed by atoms with van der Waals surface area (Å²) in [5.74, 6) is -0.822. The summed E-state index contributed by atoms with van der Waals surface area (Å²) in [4.78, 5) is 52.7. The fraction of sp³-hybridized carbons (Fsp3) is 0.231. The Bertz CT molecular complexity index is 1300. The predicted molar refractivity (Wildman–Crippen MR) is 126 cm³/mol. The van der Waals surface area contributed by atoms with Crippen LogP contribution in [0.25, 0.3) is 0 Å². The van der Waals surface area contributed by atoms with E-state index in [2.05, 4.69) is 16.0 Å². The van der Waals surface area contributed by atoms with Crippen molar-refractivity contribution in [2.24, 2.45) is 0 Å². The predicted octanol–water partition coefficient (Wildman–Crippen LogP) is 2.93. The third kappa shape index (κ3) is 4.16. The first-order chi connectivity index (χ1) is 17.0. The largest absolute Gasteiger partial charge is 0.467 e. The van der Waals surface area contributed by atoms with Crippen LogP contribution in [0, 0.1) is 0 Å². The van der Waals surface area contributed by atoms with Gasteiger partial charge in [-0.1, -0.05) is 36.4 Å². The Kier molecular flexibility index (Phi) is 5.82. The van der Waals surface area contributed by atoms with E-state index >= 15 is 0 Å². The van der Waals surface area contributed by atoms with E-state index in [9.17, 15) is 19.2 Å². The van der Waals surface area contributed by atoms with E-state index in [1.54, 1.807) is 36.4 Å². The van der Waals surface area contributed by atoms with Crippen molar-refractivity contribution >= 4 is 29.4 Å². The number of carbonyl (C=O) groups excluding carboxylic acids is 4. The van der Waals surface area contributed by atoms with E-state index in [0.717, 1.165) is 28.9 Å². The number of rotatable bonds is 6. The number of hydrogen-bond donors (Lipinski definition) is 3. The molecule has 0 unspecified atom stereocenters. The fourth-order valence-electron chi connectivity index (χ4n) is 4.75. The van der Waals surface area contributed by atoms with Crippen molar-refractivity contribution in [2.45, 2.75) is 31.3 Å². The number of imide groups is 1. The van der Waals surface area contributed by atoms with E-state index in [4.69, 9.17) is 4.42 Å². The minimum atomic E-state index is -1.14. The van der Waals surface area contributed by atoms with Gasteiger partial charge in [-0.25, -0.2) is 4.79 Å². The van der Waals surface area contributed by atoms with Crippen LogP contribution >= 0.6 is 0 Å². The fourth-order valence-corrected chi connectivity index (χ4v) is 4.75. The number of fused-ring (bicyclic) bond motifs is 2. The highest BCUT2D eigenvalue weighted by molar-refractivity contribution is 6.11. The number of para-hydroxylation sites is 1. The summed E-state index contributed by atoms with van der Waals surface area (Å²) >= 11 is 0. The normalized spacial score (nSPS) is 18.8. The van der Waals surface area contributed by atoms with Crippen LogP contribution in [0.5, 0.6) is 0 Å². The van der Waals surface area contributed by atoms with Crippen molar-refractivity contribution in [3.8, 4) is 0 Å². The topological polar surface area (TPSA) is 121 Å². The highest BCUT2D eigenvalue weighted by atomic mass is 16.3. The Balaban J connectivity index is 1.29. The molecule has 1 saturated heterocycles. The van der Waals surface area contributed by atoms with Crippen molar-refractivity contribution in [1.29, 1.82) is 0 Å². The summed E-state index contributed by atoms with van der Waals surface area (Å²) in [6.45, 7) is -0.267. The molecule has 1 fully saturated rings. The van der Waals surface area contributed by atoms with Crippen molar-refractivity contribution in [2.75, 3.05) is 11.9 Å². The molecule has 3 N–H and O–H groups in total. The van der Waals surface area contributed by atoms with Crippen LogP contribution in [0.4, 0.5) is 10.5 Å². The number of aryl methyl sites for hydroxylation is 1. The van der Waals surface area contributed by atoms with Crippen molar-refractivity contribution in [3.05, 3.63) is 89.4 Å². The second kappa shape index (κ2) is 9.09. The van der Waals surface area contributed by atoms with Gasteiger partial charge in [0, 0.05) is 0 Å². The van der Waals surface area contributed by atoms with Gasteiger partial charge in [0.2, 0.25) is 5.91 Å². The molecule has 2 aliphatic rings. The lowest BCUT2D eigenvalue weighted by Crippen LogP contribution is -2.47. The first kappa shape index (κ1) is 22.4. The summed E-state index contributed by atoms with van der Waals surface area (Å²) in [6.07, 6.45) is 3.58. The van der Waals surface area contributed by atoms with Crippen molar-refractivity contribution in [1.82, 2.24) is 15.5 Å². The molecule has 1 aromatic heterocycles. The minimum Gasteiger partial charge on any atom is -0.467 e. The molecule has 1 aliphatic carbocycles. The number of carbonyl (C=O) groups is 4. The number of nitrogens with zero attached hydrogens (tertiary/aromatic N) is 1. The van der Waals surface area contributed by atoms with Crippen LogP contribution < -0.4 is 16.0 Å². The number of furan rings is 1. The third-order valence-electron chi connectivity index (χ3n) is 6.40. The number of anilines is 1. The maximum Gasteiger partial charge on any atom is 0.325 e. The Hall–Kier alpha value is -4.40. The number of urea groups is 1. The van der Waals surface area contributed by atoms with Crippen LogP contribution in [0.15, 0.2) is 71.3 Å². The number of amides is 5. The SMILES string of the molecule is O=C(CN1C(=O)N[C@@]2(CCCc3ccccc32)C1=O)Nc1ccccc1C(=O)NCc1ccco1. The lowest BCUT2D eigenvalue weighted by Gasteiger charge is -2.33. The van der Waals surface area contributed by atoms with E-state index in [0.29, 0.717) is 12.2 Å². The molecule has 2 heterocycles. The van der Waals surface area contributed by atoms with Gasteiger partial charge >= 0.3 is 6.03 Å². The van der Waals surface area contributed by atoms with Crippen LogP contribution in [0.3, 0.4) is 0 Å². The average molecular weight is 473 g/mol. The highest BCUT2D eigenvalue weighted by Gasteiger charge is 2.54. The van der Waals surface area contributed by atoms with Crippen LogP contribution in [-0.4, -0.2) is 35.2 Å². The van der Waals surface area contributed by atoms with Crippen molar-refractivity contribution < 1.29 is 23.6 Å². The average Bonchev–Trinajstić information content (AvgIpc) is 3.46. The molecular formula is C26H24N4O5. The summed E-state index contributed by atoms with van der Waals surface area (Å²) in [7, 11) is 0. The van der Waals surface area contributed by atoms with Gasteiger partial charge in [0.25, 0.3) is 11.8 Å². The molecular weight excluding hydrogens is 448 g/mol. The summed E-state index contributed by atoms with van der Waals surface area (Å²) < 4.78 is 5.22. The lowest BCUT2D eigenvalue weighted by molar-refractivity contribution is -0.134. The molecule has 1 spiro atoms. The Labute approximate surface area is 201 Å². The molecule has 9 nitrogen and oxygen atoms in total. The number of benzene rings is 2. The molecule has 1 aliphatic heterocycles. The molecule has 5 amide bonds.